The summed E-state index contributed by atoms with van der Waals surface area (Å²) in [5, 5.41) is 19.3. The van der Waals surface area contributed by atoms with Crippen molar-refractivity contribution in [3.63, 3.8) is 0 Å². The number of carboxylic acids is 2. The van der Waals surface area contributed by atoms with E-state index >= 15 is 0 Å². The first-order valence-corrected chi connectivity index (χ1v) is 4.55. The number of carbonyl (C=O) groups is 2. The van der Waals surface area contributed by atoms with E-state index in [1.54, 1.807) is 38.2 Å². The smallest absolute Gasteiger partial charge is 0.545 e. The molecule has 0 aliphatic rings. The molecule has 0 aromatic heterocycles. The largest absolute Gasteiger partial charge is 2.00 e. The Morgan fingerprint density at radius 2 is 1.06 bits per heavy atom. The van der Waals surface area contributed by atoms with Gasteiger partial charge in [0, 0.05) is 0 Å². The number of carbonyl (C=O) groups excluding carboxylic acids is 2. The molecule has 0 aromatic rings. The summed E-state index contributed by atoms with van der Waals surface area (Å²) in [4.78, 5) is 19.3. The molecule has 0 saturated carbocycles. The van der Waals surface area contributed by atoms with Gasteiger partial charge in [0.1, 0.15) is 0 Å². The number of hydrogen-bond donors (Lipinski definition) is 0. The number of carboxylic acid groups (broad SMARTS) is 2. The maximum atomic E-state index is 9.64. The molecule has 0 N–H and O–H groups in total. The van der Waals surface area contributed by atoms with Crippen LogP contribution in [0.5, 0.6) is 0 Å². The van der Waals surface area contributed by atoms with Crippen LogP contribution in [0.3, 0.4) is 0 Å². The Bertz CT molecular complexity index is 282. The van der Waals surface area contributed by atoms with Gasteiger partial charge in [0.25, 0.3) is 0 Å². The molecule has 0 rings (SSSR count). The molecular weight excluding hydrogens is 274 g/mol. The molecule has 0 atom stereocenters. The number of hydrogen-bond acceptors (Lipinski definition) is 4. The van der Waals surface area contributed by atoms with Gasteiger partial charge in [-0.05, 0) is 26.0 Å². The van der Waals surface area contributed by atoms with Crippen molar-refractivity contribution < 1.29 is 39.3 Å². The van der Waals surface area contributed by atoms with Crippen LogP contribution in [0.25, 0.3) is 0 Å². The van der Waals surface area contributed by atoms with E-state index in [-0.39, 0.29) is 19.5 Å². The molecule has 0 unspecified atom stereocenters. The van der Waals surface area contributed by atoms with Crippen LogP contribution in [-0.4, -0.2) is 11.9 Å². The minimum Gasteiger partial charge on any atom is -0.545 e. The van der Waals surface area contributed by atoms with Crippen molar-refractivity contribution in [2.45, 2.75) is 13.8 Å². The Labute approximate surface area is 114 Å². The van der Waals surface area contributed by atoms with Crippen LogP contribution in [0.4, 0.5) is 0 Å². The zero-order chi connectivity index (χ0) is 12.8. The van der Waals surface area contributed by atoms with Crippen LogP contribution in [0.15, 0.2) is 48.6 Å². The van der Waals surface area contributed by atoms with Crippen LogP contribution >= 0.6 is 0 Å². The Hall–Kier alpha value is -1.48. The quantitative estimate of drug-likeness (QED) is 0.405. The number of allylic oxidation sites excluding steroid dienone is 6. The molecule has 0 fully saturated rings. The van der Waals surface area contributed by atoms with Crippen molar-refractivity contribution in [3.8, 4) is 0 Å². The number of rotatable bonds is 4. The van der Waals surface area contributed by atoms with Gasteiger partial charge in [-0.3, -0.25) is 0 Å². The summed E-state index contributed by atoms with van der Waals surface area (Å²) in [5.41, 5.74) is 0. The van der Waals surface area contributed by atoms with E-state index in [9.17, 15) is 19.8 Å². The third-order valence-electron chi connectivity index (χ3n) is 1.07. The molecule has 0 heterocycles. The Morgan fingerprint density at radius 1 is 0.765 bits per heavy atom. The summed E-state index contributed by atoms with van der Waals surface area (Å²) in [6.07, 6.45) is 11.5. The first-order chi connectivity index (χ1) is 7.54. The molecule has 4 nitrogen and oxygen atoms in total. The predicted octanol–water partition coefficient (Wildman–Crippen LogP) is -0.265. The molecule has 17 heavy (non-hydrogen) atoms. The summed E-state index contributed by atoms with van der Waals surface area (Å²) in [6.45, 7) is 3.61. The molecule has 0 saturated heterocycles. The van der Waals surface area contributed by atoms with E-state index in [1.807, 2.05) is 0 Å². The van der Waals surface area contributed by atoms with Gasteiger partial charge in [-0.1, -0.05) is 36.5 Å². The topological polar surface area (TPSA) is 80.3 Å². The van der Waals surface area contributed by atoms with Crippen LogP contribution in [0.2, 0.25) is 0 Å². The van der Waals surface area contributed by atoms with Gasteiger partial charge in [-0.15, -0.1) is 0 Å². The summed E-state index contributed by atoms with van der Waals surface area (Å²) in [7, 11) is 0. The number of aliphatic carboxylic acids is 2. The van der Waals surface area contributed by atoms with Crippen LogP contribution in [-0.2, 0) is 29.1 Å². The van der Waals surface area contributed by atoms with Crippen molar-refractivity contribution in [2.24, 2.45) is 0 Å². The van der Waals surface area contributed by atoms with Gasteiger partial charge in [0.2, 0.25) is 0 Å². The first kappa shape index (κ1) is 20.9. The fraction of sp³-hybridized carbons (Fsp3) is 0.167. The second-order valence-electron chi connectivity index (χ2n) is 2.41. The SMILES string of the molecule is C/C=C/C=C/C(=O)[O-].C/C=C/C=C/C(=O)[O-].[Zn+2]. The fourth-order valence-corrected chi connectivity index (χ4v) is 0.490. The summed E-state index contributed by atoms with van der Waals surface area (Å²) >= 11 is 0. The van der Waals surface area contributed by atoms with Crippen molar-refractivity contribution >= 4 is 11.9 Å². The monoisotopic (exact) mass is 286 g/mol. The summed E-state index contributed by atoms with van der Waals surface area (Å²) in [5.74, 6) is -2.33. The second-order valence-corrected chi connectivity index (χ2v) is 2.41. The van der Waals surface area contributed by atoms with Crippen LogP contribution in [0.1, 0.15) is 13.8 Å². The van der Waals surface area contributed by atoms with E-state index in [4.69, 9.17) is 0 Å². The third-order valence-corrected chi connectivity index (χ3v) is 1.07. The van der Waals surface area contributed by atoms with Crippen molar-refractivity contribution in [2.75, 3.05) is 0 Å². The third kappa shape index (κ3) is 31.4. The Morgan fingerprint density at radius 3 is 1.24 bits per heavy atom. The Kier molecular flexibility index (Phi) is 20.8. The average Bonchev–Trinajstić information content (AvgIpc) is 2.18. The zero-order valence-corrected chi connectivity index (χ0v) is 12.9. The van der Waals surface area contributed by atoms with Crippen LogP contribution < -0.4 is 10.2 Å². The van der Waals surface area contributed by atoms with Gasteiger partial charge < -0.3 is 19.8 Å². The van der Waals surface area contributed by atoms with Crippen LogP contribution in [0, 0.1) is 0 Å². The molecule has 0 bridgehead atoms. The average molecular weight is 288 g/mol. The van der Waals surface area contributed by atoms with Gasteiger partial charge >= 0.3 is 19.5 Å². The summed E-state index contributed by atoms with van der Waals surface area (Å²) in [6, 6.07) is 0. The standard InChI is InChI=1S/2C6H8O2.Zn/c2*1-2-3-4-5-6(7)8;/h2*2-5H,1H3,(H,7,8);/q;;+2/p-2/b2*3-2+,5-4+;. The van der Waals surface area contributed by atoms with Gasteiger partial charge in [0.05, 0.1) is 11.9 Å². The molecule has 0 aliphatic heterocycles. The fourth-order valence-electron chi connectivity index (χ4n) is 0.490. The molecule has 5 heteroatoms. The van der Waals surface area contributed by atoms with Gasteiger partial charge in [0.15, 0.2) is 0 Å². The minimum atomic E-state index is -1.16. The molecule has 0 aromatic carbocycles. The van der Waals surface area contributed by atoms with E-state index in [0.717, 1.165) is 12.2 Å². The van der Waals surface area contributed by atoms with Crippen molar-refractivity contribution in [3.05, 3.63) is 48.6 Å². The van der Waals surface area contributed by atoms with Gasteiger partial charge in [-0.2, -0.15) is 0 Å². The second kappa shape index (κ2) is 16.9. The molecule has 0 amide bonds. The molecular formula is C12H14O4Zn. The molecule has 0 radical (unpaired) electrons. The molecule has 0 spiro atoms. The van der Waals surface area contributed by atoms with Crippen molar-refractivity contribution in [1.29, 1.82) is 0 Å². The first-order valence-electron chi connectivity index (χ1n) is 4.55. The van der Waals surface area contributed by atoms with Crippen molar-refractivity contribution in [1.82, 2.24) is 0 Å². The zero-order valence-electron chi connectivity index (χ0n) is 9.96. The Balaban J connectivity index is -0.000000218. The normalized spacial score (nSPS) is 10.5. The van der Waals surface area contributed by atoms with Gasteiger partial charge in [-0.25, -0.2) is 0 Å². The minimum absolute atomic E-state index is 0. The maximum Gasteiger partial charge on any atom is 2.00 e. The molecule has 0 aliphatic carbocycles. The maximum absolute atomic E-state index is 9.64. The summed E-state index contributed by atoms with van der Waals surface area (Å²) < 4.78 is 0. The predicted molar refractivity (Wildman–Crippen MR) is 57.9 cm³/mol. The van der Waals surface area contributed by atoms with E-state index in [2.05, 4.69) is 0 Å². The van der Waals surface area contributed by atoms with E-state index < -0.39 is 11.9 Å². The van der Waals surface area contributed by atoms with E-state index in [0.29, 0.717) is 0 Å². The van der Waals surface area contributed by atoms with E-state index in [1.165, 1.54) is 12.2 Å². The molecule has 88 valence electrons.